The van der Waals surface area contributed by atoms with Gasteiger partial charge in [0.05, 0.1) is 5.69 Å². The molecule has 2 N–H and O–H groups in total. The van der Waals surface area contributed by atoms with Crippen molar-refractivity contribution < 1.29 is 17.9 Å². The Morgan fingerprint density at radius 3 is 2.30 bits per heavy atom. The molecule has 0 unspecified atom stereocenters. The van der Waals surface area contributed by atoms with Crippen LogP contribution in [0.5, 0.6) is 5.75 Å². The highest BCUT2D eigenvalue weighted by Gasteiger charge is 2.28. The lowest BCUT2D eigenvalue weighted by atomic mass is 10.1. The minimum atomic E-state index is -4.35. The molecule has 4 nitrogen and oxygen atoms in total. The topological polar surface area (TPSA) is 61.0 Å². The average molecular weight is 306 g/mol. The number of rotatable bonds is 3. The fraction of sp³-hybridized carbons (Fsp3) is 0.167. The molecular formula is C12H11ClF3N3O. The lowest BCUT2D eigenvalue weighted by molar-refractivity contribution is -0.153. The van der Waals surface area contributed by atoms with Gasteiger partial charge in [-0.2, -0.15) is 13.2 Å². The van der Waals surface area contributed by atoms with Gasteiger partial charge in [0.1, 0.15) is 17.9 Å². The number of benzene rings is 1. The summed E-state index contributed by atoms with van der Waals surface area (Å²) in [5.41, 5.74) is 6.83. The minimum absolute atomic E-state index is 0. The van der Waals surface area contributed by atoms with Gasteiger partial charge in [-0.1, -0.05) is 0 Å². The molecule has 0 saturated carbocycles. The van der Waals surface area contributed by atoms with Gasteiger partial charge in [-0.15, -0.1) is 12.4 Å². The molecule has 0 saturated heterocycles. The molecule has 0 aliphatic heterocycles. The number of anilines is 1. The molecule has 1 aromatic heterocycles. The van der Waals surface area contributed by atoms with Crippen molar-refractivity contribution in [2.45, 2.75) is 6.18 Å². The second-order valence-electron chi connectivity index (χ2n) is 3.76. The van der Waals surface area contributed by atoms with Crippen molar-refractivity contribution in [1.29, 1.82) is 0 Å². The number of ether oxygens (including phenoxy) is 1. The van der Waals surface area contributed by atoms with Crippen LogP contribution in [0.4, 0.5) is 19.0 Å². The Labute approximate surface area is 119 Å². The monoisotopic (exact) mass is 305 g/mol. The Balaban J connectivity index is 0.00000200. The first-order valence-electron chi connectivity index (χ1n) is 5.31. The summed E-state index contributed by atoms with van der Waals surface area (Å²) in [4.78, 5) is 7.77. The summed E-state index contributed by atoms with van der Waals surface area (Å²) in [5.74, 6) is 0.463. The summed E-state index contributed by atoms with van der Waals surface area (Å²) in [6, 6.07) is 7.67. The summed E-state index contributed by atoms with van der Waals surface area (Å²) in [6.07, 6.45) is -3.03. The molecule has 0 aliphatic carbocycles. The molecule has 8 heteroatoms. The highest BCUT2D eigenvalue weighted by atomic mass is 35.5. The number of aromatic nitrogens is 2. The van der Waals surface area contributed by atoms with E-state index in [4.69, 9.17) is 5.73 Å². The van der Waals surface area contributed by atoms with E-state index in [0.29, 0.717) is 17.1 Å². The highest BCUT2D eigenvalue weighted by molar-refractivity contribution is 5.85. The van der Waals surface area contributed by atoms with E-state index in [2.05, 4.69) is 14.7 Å². The lowest BCUT2D eigenvalue weighted by Crippen LogP contribution is -2.19. The van der Waals surface area contributed by atoms with E-state index in [1.807, 2.05) is 0 Å². The third kappa shape index (κ3) is 4.58. The van der Waals surface area contributed by atoms with Crippen LogP contribution in [0.25, 0.3) is 11.3 Å². The van der Waals surface area contributed by atoms with Gasteiger partial charge in [-0.05, 0) is 24.3 Å². The van der Waals surface area contributed by atoms with E-state index in [9.17, 15) is 13.2 Å². The molecule has 1 heterocycles. The first-order chi connectivity index (χ1) is 8.94. The zero-order chi connectivity index (χ0) is 13.9. The Bertz CT molecular complexity index is 561. The van der Waals surface area contributed by atoms with Crippen molar-refractivity contribution in [2.75, 3.05) is 12.3 Å². The molecule has 0 atom stereocenters. The second-order valence-corrected chi connectivity index (χ2v) is 3.76. The maximum atomic E-state index is 12.0. The van der Waals surface area contributed by atoms with Crippen LogP contribution in [0.3, 0.4) is 0 Å². The average Bonchev–Trinajstić information content (AvgIpc) is 2.36. The van der Waals surface area contributed by atoms with E-state index in [-0.39, 0.29) is 18.2 Å². The third-order valence-electron chi connectivity index (χ3n) is 2.24. The zero-order valence-electron chi connectivity index (χ0n) is 10.1. The van der Waals surface area contributed by atoms with Crippen molar-refractivity contribution >= 4 is 18.2 Å². The number of nitrogen functional groups attached to an aromatic ring is 1. The number of nitrogens with two attached hydrogens (primary N) is 1. The minimum Gasteiger partial charge on any atom is -0.484 e. The van der Waals surface area contributed by atoms with Crippen LogP contribution in [0.1, 0.15) is 0 Å². The van der Waals surface area contributed by atoms with Gasteiger partial charge < -0.3 is 10.5 Å². The van der Waals surface area contributed by atoms with Gasteiger partial charge in [0, 0.05) is 11.6 Å². The maximum absolute atomic E-state index is 12.0. The SMILES string of the molecule is Cl.Nc1cc(-c2ccc(OCC(F)(F)F)cc2)ncn1. The van der Waals surface area contributed by atoms with Crippen molar-refractivity contribution in [3.63, 3.8) is 0 Å². The smallest absolute Gasteiger partial charge is 0.422 e. The molecule has 0 fully saturated rings. The molecule has 1 aromatic carbocycles. The summed E-state index contributed by atoms with van der Waals surface area (Å²) in [5, 5.41) is 0. The van der Waals surface area contributed by atoms with Gasteiger partial charge in [-0.25, -0.2) is 9.97 Å². The van der Waals surface area contributed by atoms with Gasteiger partial charge in [0.2, 0.25) is 0 Å². The predicted molar refractivity (Wildman–Crippen MR) is 70.7 cm³/mol. The van der Waals surface area contributed by atoms with Crippen LogP contribution in [0.2, 0.25) is 0 Å². The number of halogens is 4. The fourth-order valence-corrected chi connectivity index (χ4v) is 1.42. The highest BCUT2D eigenvalue weighted by Crippen LogP contribution is 2.23. The van der Waals surface area contributed by atoms with E-state index in [1.54, 1.807) is 18.2 Å². The molecule has 0 amide bonds. The Hall–Kier alpha value is -2.02. The second kappa shape index (κ2) is 6.42. The number of nitrogens with zero attached hydrogens (tertiary/aromatic N) is 2. The molecule has 108 valence electrons. The largest absolute Gasteiger partial charge is 0.484 e. The van der Waals surface area contributed by atoms with Gasteiger partial charge in [0.15, 0.2) is 6.61 Å². The summed E-state index contributed by atoms with van der Waals surface area (Å²) < 4.78 is 40.5. The molecule has 2 aromatic rings. The molecular weight excluding hydrogens is 295 g/mol. The Morgan fingerprint density at radius 2 is 1.75 bits per heavy atom. The number of alkyl halides is 3. The van der Waals surface area contributed by atoms with Gasteiger partial charge in [-0.3, -0.25) is 0 Å². The van der Waals surface area contributed by atoms with E-state index in [0.717, 1.165) is 0 Å². The van der Waals surface area contributed by atoms with Crippen molar-refractivity contribution in [1.82, 2.24) is 9.97 Å². The van der Waals surface area contributed by atoms with E-state index >= 15 is 0 Å². The Morgan fingerprint density at radius 1 is 1.10 bits per heavy atom. The van der Waals surface area contributed by atoms with Crippen LogP contribution >= 0.6 is 12.4 Å². The summed E-state index contributed by atoms with van der Waals surface area (Å²) in [6.45, 7) is -1.31. The van der Waals surface area contributed by atoms with Crippen LogP contribution in [0, 0.1) is 0 Å². The first kappa shape index (κ1) is 16.0. The van der Waals surface area contributed by atoms with Crippen LogP contribution < -0.4 is 10.5 Å². The zero-order valence-corrected chi connectivity index (χ0v) is 10.9. The fourth-order valence-electron chi connectivity index (χ4n) is 1.42. The number of hydrogen-bond acceptors (Lipinski definition) is 4. The first-order valence-corrected chi connectivity index (χ1v) is 5.31. The molecule has 0 spiro atoms. The van der Waals surface area contributed by atoms with Crippen molar-refractivity contribution in [3.05, 3.63) is 36.7 Å². The normalized spacial score (nSPS) is 10.8. The van der Waals surface area contributed by atoms with Gasteiger partial charge in [0.25, 0.3) is 0 Å². The molecule has 0 aliphatic rings. The van der Waals surface area contributed by atoms with Crippen molar-refractivity contribution in [3.8, 4) is 17.0 Å². The third-order valence-corrected chi connectivity index (χ3v) is 2.24. The van der Waals surface area contributed by atoms with Crippen LogP contribution in [-0.2, 0) is 0 Å². The maximum Gasteiger partial charge on any atom is 0.422 e. The number of hydrogen-bond donors (Lipinski definition) is 1. The summed E-state index contributed by atoms with van der Waals surface area (Å²) >= 11 is 0. The standard InChI is InChI=1S/C12H10F3N3O.ClH/c13-12(14,15)6-19-9-3-1-8(2-4-9)10-5-11(16)18-7-17-10;/h1-5,7H,6H2,(H2,16,17,18);1H. The van der Waals surface area contributed by atoms with Gasteiger partial charge >= 0.3 is 6.18 Å². The van der Waals surface area contributed by atoms with E-state index < -0.39 is 12.8 Å². The predicted octanol–water partition coefficient (Wildman–Crippen LogP) is 3.09. The molecule has 20 heavy (non-hydrogen) atoms. The molecule has 0 bridgehead atoms. The Kier molecular flexibility index (Phi) is 5.15. The quantitative estimate of drug-likeness (QED) is 0.946. The van der Waals surface area contributed by atoms with Crippen LogP contribution in [-0.4, -0.2) is 22.8 Å². The molecule has 0 radical (unpaired) electrons. The summed E-state index contributed by atoms with van der Waals surface area (Å²) in [7, 11) is 0. The van der Waals surface area contributed by atoms with E-state index in [1.165, 1.54) is 18.5 Å². The molecule has 2 rings (SSSR count). The van der Waals surface area contributed by atoms with Crippen LogP contribution in [0.15, 0.2) is 36.7 Å². The van der Waals surface area contributed by atoms with Crippen molar-refractivity contribution in [2.24, 2.45) is 0 Å². The lowest BCUT2D eigenvalue weighted by Gasteiger charge is -2.09.